The molecular weight excluding hydrogens is 301 g/mol. The molecule has 1 aromatic heterocycles. The summed E-state index contributed by atoms with van der Waals surface area (Å²) in [5.74, 6) is 0.707. The Morgan fingerprint density at radius 1 is 1.19 bits per heavy atom. The highest BCUT2D eigenvalue weighted by Crippen LogP contribution is 2.31. The van der Waals surface area contributed by atoms with Gasteiger partial charge in [-0.15, -0.1) is 0 Å². The van der Waals surface area contributed by atoms with Crippen molar-refractivity contribution in [1.82, 2.24) is 9.97 Å². The van der Waals surface area contributed by atoms with Crippen LogP contribution in [0, 0.1) is 4.77 Å². The van der Waals surface area contributed by atoms with E-state index >= 15 is 0 Å². The average molecular weight is 312 g/mol. The first kappa shape index (κ1) is 14.1. The molecule has 1 aliphatic rings. The van der Waals surface area contributed by atoms with Gasteiger partial charge in [0.2, 0.25) is 0 Å². The number of nitrogens with one attached hydrogen (secondary N) is 1. The summed E-state index contributed by atoms with van der Waals surface area (Å²) in [6.45, 7) is 0. The summed E-state index contributed by atoms with van der Waals surface area (Å²) in [7, 11) is 0. The maximum absolute atomic E-state index is 12.8. The minimum Gasteiger partial charge on any atom is -0.490 e. The van der Waals surface area contributed by atoms with Crippen molar-refractivity contribution in [2.75, 3.05) is 0 Å². The van der Waals surface area contributed by atoms with Gasteiger partial charge in [0.25, 0.3) is 0 Å². The number of aromatic nitrogens is 2. The topological polar surface area (TPSA) is 37.9 Å². The van der Waals surface area contributed by atoms with Crippen molar-refractivity contribution in [2.45, 2.75) is 25.1 Å². The predicted octanol–water partition coefficient (Wildman–Crippen LogP) is 4.37. The molecule has 0 unspecified atom stereocenters. The molecule has 1 fully saturated rings. The van der Waals surface area contributed by atoms with Crippen LogP contribution in [0.25, 0.3) is 11.3 Å². The summed E-state index contributed by atoms with van der Waals surface area (Å²) in [6.07, 6.45) is -2.12. The van der Waals surface area contributed by atoms with Crippen molar-refractivity contribution < 1.29 is 17.9 Å². The van der Waals surface area contributed by atoms with E-state index in [0.717, 1.165) is 18.9 Å². The van der Waals surface area contributed by atoms with Crippen molar-refractivity contribution >= 4 is 12.2 Å². The van der Waals surface area contributed by atoms with E-state index in [1.165, 1.54) is 0 Å². The number of alkyl halides is 3. The summed E-state index contributed by atoms with van der Waals surface area (Å²) >= 11 is 4.76. The Balaban J connectivity index is 1.92. The maximum Gasteiger partial charge on any atom is 0.431 e. The zero-order chi connectivity index (χ0) is 15.0. The molecule has 0 aliphatic heterocycles. The number of rotatable bonds is 3. The van der Waals surface area contributed by atoms with Gasteiger partial charge in [-0.05, 0) is 55.4 Å². The molecule has 7 heteroatoms. The van der Waals surface area contributed by atoms with Gasteiger partial charge in [-0.3, -0.25) is 0 Å². The second-order valence-corrected chi connectivity index (χ2v) is 5.21. The summed E-state index contributed by atoms with van der Waals surface area (Å²) in [4.78, 5) is 6.00. The van der Waals surface area contributed by atoms with Gasteiger partial charge in [0.1, 0.15) is 11.4 Å². The lowest BCUT2D eigenvalue weighted by Crippen LogP contribution is -2.09. The zero-order valence-electron chi connectivity index (χ0n) is 10.8. The van der Waals surface area contributed by atoms with Gasteiger partial charge in [-0.25, -0.2) is 4.98 Å². The molecule has 0 spiro atoms. The lowest BCUT2D eigenvalue weighted by molar-refractivity contribution is -0.141. The largest absolute Gasteiger partial charge is 0.490 e. The fourth-order valence-corrected chi connectivity index (χ4v) is 2.05. The Morgan fingerprint density at radius 3 is 2.43 bits per heavy atom. The molecule has 3 nitrogen and oxygen atoms in total. The minimum atomic E-state index is -4.49. The van der Waals surface area contributed by atoms with Crippen molar-refractivity contribution in [3.63, 3.8) is 0 Å². The fourth-order valence-electron chi connectivity index (χ4n) is 1.84. The molecule has 1 aliphatic carbocycles. The second-order valence-electron chi connectivity index (χ2n) is 4.82. The van der Waals surface area contributed by atoms with E-state index in [4.69, 9.17) is 17.0 Å². The van der Waals surface area contributed by atoms with Crippen LogP contribution in [0.4, 0.5) is 13.2 Å². The number of ether oxygens (including phenoxy) is 1. The molecule has 21 heavy (non-hydrogen) atoms. The zero-order valence-corrected chi connectivity index (χ0v) is 11.6. The Kier molecular flexibility index (Phi) is 3.44. The number of hydrogen-bond acceptors (Lipinski definition) is 3. The quantitative estimate of drug-likeness (QED) is 0.855. The molecule has 110 valence electrons. The average Bonchev–Trinajstić information content (AvgIpc) is 3.22. The lowest BCUT2D eigenvalue weighted by Gasteiger charge is -2.09. The molecule has 3 rings (SSSR count). The van der Waals surface area contributed by atoms with Crippen LogP contribution in [0.1, 0.15) is 18.5 Å². The molecule has 0 amide bonds. The van der Waals surface area contributed by atoms with Gasteiger partial charge >= 0.3 is 6.18 Å². The van der Waals surface area contributed by atoms with Gasteiger partial charge < -0.3 is 9.72 Å². The van der Waals surface area contributed by atoms with Crippen LogP contribution < -0.4 is 4.74 Å². The highest BCUT2D eigenvalue weighted by atomic mass is 32.1. The van der Waals surface area contributed by atoms with Crippen LogP contribution >= 0.6 is 12.2 Å². The number of nitrogens with zero attached hydrogens (tertiary/aromatic N) is 1. The SMILES string of the molecule is FC(F)(F)c1cc(-c2ccc(OC3CC3)cc2)nc(=S)[nH]1. The Bertz CT molecular complexity index is 705. The van der Waals surface area contributed by atoms with Crippen LogP contribution in [0.5, 0.6) is 5.75 Å². The molecule has 1 N–H and O–H groups in total. The third kappa shape index (κ3) is 3.41. The van der Waals surface area contributed by atoms with Gasteiger partial charge in [0.05, 0.1) is 11.8 Å². The molecule has 1 saturated carbocycles. The monoisotopic (exact) mass is 312 g/mol. The van der Waals surface area contributed by atoms with Crippen LogP contribution in [0.15, 0.2) is 30.3 Å². The normalized spacial score (nSPS) is 15.0. The van der Waals surface area contributed by atoms with Crippen molar-refractivity contribution in [2.24, 2.45) is 0 Å². The molecule has 2 aromatic rings. The summed E-state index contributed by atoms with van der Waals surface area (Å²) in [5, 5.41) is 0. The van der Waals surface area contributed by atoms with E-state index in [1.807, 2.05) is 0 Å². The Hall–Kier alpha value is -1.89. The van der Waals surface area contributed by atoms with Crippen LogP contribution in [0.2, 0.25) is 0 Å². The molecule has 0 radical (unpaired) electrons. The third-order valence-electron chi connectivity index (χ3n) is 3.03. The molecule has 0 saturated heterocycles. The number of hydrogen-bond donors (Lipinski definition) is 1. The number of benzene rings is 1. The highest BCUT2D eigenvalue weighted by molar-refractivity contribution is 7.71. The standard InChI is InChI=1S/C14H11F3N2OS/c15-14(16,17)12-7-11(18-13(21)19-12)8-1-3-9(4-2-8)20-10-5-6-10/h1-4,7,10H,5-6H2,(H,18,19,21). The van der Waals surface area contributed by atoms with E-state index < -0.39 is 11.9 Å². The lowest BCUT2D eigenvalue weighted by atomic mass is 10.1. The van der Waals surface area contributed by atoms with E-state index in [9.17, 15) is 13.2 Å². The van der Waals surface area contributed by atoms with Gasteiger partial charge in [-0.2, -0.15) is 13.2 Å². The molecule has 1 aromatic carbocycles. The molecule has 0 bridgehead atoms. The third-order valence-corrected chi connectivity index (χ3v) is 3.22. The number of halogens is 3. The maximum atomic E-state index is 12.8. The van der Waals surface area contributed by atoms with E-state index in [-0.39, 0.29) is 16.6 Å². The van der Waals surface area contributed by atoms with Gasteiger partial charge in [-0.1, -0.05) is 0 Å². The van der Waals surface area contributed by atoms with Gasteiger partial charge in [0.15, 0.2) is 4.77 Å². The minimum absolute atomic E-state index is 0.184. The van der Waals surface area contributed by atoms with E-state index in [0.29, 0.717) is 11.3 Å². The van der Waals surface area contributed by atoms with Crippen LogP contribution in [-0.4, -0.2) is 16.1 Å². The Labute approximate surface area is 123 Å². The van der Waals surface area contributed by atoms with Crippen molar-refractivity contribution in [1.29, 1.82) is 0 Å². The summed E-state index contributed by atoms with van der Waals surface area (Å²) in [5.41, 5.74) is -0.163. The van der Waals surface area contributed by atoms with E-state index in [1.54, 1.807) is 24.3 Å². The van der Waals surface area contributed by atoms with Crippen LogP contribution in [0.3, 0.4) is 0 Å². The van der Waals surface area contributed by atoms with Gasteiger partial charge in [0, 0.05) is 5.56 Å². The van der Waals surface area contributed by atoms with Crippen molar-refractivity contribution in [3.8, 4) is 17.0 Å². The highest BCUT2D eigenvalue weighted by Gasteiger charge is 2.32. The first-order valence-corrected chi connectivity index (χ1v) is 6.78. The molecule has 0 atom stereocenters. The first-order valence-electron chi connectivity index (χ1n) is 6.37. The Morgan fingerprint density at radius 2 is 1.86 bits per heavy atom. The molecule has 1 heterocycles. The van der Waals surface area contributed by atoms with E-state index in [2.05, 4.69) is 9.97 Å². The smallest absolute Gasteiger partial charge is 0.431 e. The predicted molar refractivity (Wildman–Crippen MR) is 73.5 cm³/mol. The van der Waals surface area contributed by atoms with Crippen LogP contribution in [-0.2, 0) is 6.18 Å². The second kappa shape index (κ2) is 5.14. The van der Waals surface area contributed by atoms with Crippen molar-refractivity contribution in [3.05, 3.63) is 40.8 Å². The fraction of sp³-hybridized carbons (Fsp3) is 0.286. The number of H-pyrrole nitrogens is 1. The first-order chi connectivity index (χ1) is 9.91. The summed E-state index contributed by atoms with van der Waals surface area (Å²) in [6, 6.07) is 7.75. The molecular formula is C14H11F3N2OS. The summed E-state index contributed by atoms with van der Waals surface area (Å²) < 4.78 is 43.7. The number of aromatic amines is 1.